The Balaban J connectivity index is 1.88. The number of non-ortho nitro benzene ring substituents is 1. The molecule has 0 aromatic heterocycles. The lowest BCUT2D eigenvalue weighted by Gasteiger charge is -2.46. The fourth-order valence-electron chi connectivity index (χ4n) is 3.94. The smallest absolute Gasteiger partial charge is 0.271 e. The molecule has 2 heterocycles. The molecule has 0 unspecified atom stereocenters. The van der Waals surface area contributed by atoms with Crippen LogP contribution in [-0.4, -0.2) is 17.7 Å². The van der Waals surface area contributed by atoms with Crippen LogP contribution in [0.25, 0.3) is 6.08 Å². The summed E-state index contributed by atoms with van der Waals surface area (Å²) in [6, 6.07) is 7.64. The molecule has 7 heteroatoms. The van der Waals surface area contributed by atoms with Gasteiger partial charge in [0.15, 0.2) is 0 Å². The number of likely N-dealkylation sites (N-methyl/N-ethyl adjacent to an activating group) is 1. The third-order valence-electron chi connectivity index (χ3n) is 5.40. The van der Waals surface area contributed by atoms with Gasteiger partial charge in [0.25, 0.3) is 5.69 Å². The number of nitro benzene ring substituents is 1. The first-order valence-electron chi connectivity index (χ1n) is 8.07. The van der Waals surface area contributed by atoms with Gasteiger partial charge in [-0.3, -0.25) is 10.1 Å². The topological polar surface area (TPSA) is 55.6 Å². The average molecular weight is 419 g/mol. The first-order chi connectivity index (χ1) is 12.2. The lowest BCUT2D eigenvalue weighted by Crippen LogP contribution is -2.58. The minimum atomic E-state index is -0.866. The second kappa shape index (κ2) is 5.30. The Hall–Kier alpha value is -2.41. The van der Waals surface area contributed by atoms with Crippen molar-refractivity contribution in [3.8, 4) is 5.75 Å². The summed E-state index contributed by atoms with van der Waals surface area (Å²) in [5, 5.41) is 11.1. The van der Waals surface area contributed by atoms with Crippen molar-refractivity contribution in [2.75, 3.05) is 11.9 Å². The van der Waals surface area contributed by atoms with Gasteiger partial charge in [-0.25, -0.2) is 4.39 Å². The number of benzene rings is 2. The van der Waals surface area contributed by atoms with Crippen molar-refractivity contribution < 1.29 is 14.1 Å². The second-order valence-electron chi connectivity index (χ2n) is 7.08. The van der Waals surface area contributed by atoms with Crippen molar-refractivity contribution in [2.45, 2.75) is 25.0 Å². The summed E-state index contributed by atoms with van der Waals surface area (Å²) < 4.78 is 20.8. The Morgan fingerprint density at radius 3 is 2.69 bits per heavy atom. The molecular formula is C19H16BrFN2O3. The van der Waals surface area contributed by atoms with E-state index in [2.05, 4.69) is 15.9 Å². The highest BCUT2D eigenvalue weighted by atomic mass is 79.9. The third-order valence-corrected chi connectivity index (χ3v) is 5.99. The summed E-state index contributed by atoms with van der Waals surface area (Å²) in [4.78, 5) is 12.6. The number of halogens is 2. The van der Waals surface area contributed by atoms with Crippen LogP contribution in [0.1, 0.15) is 25.0 Å². The molecule has 2 aliphatic heterocycles. The molecular weight excluding hydrogens is 403 g/mol. The van der Waals surface area contributed by atoms with E-state index < -0.39 is 16.1 Å². The molecule has 0 amide bonds. The van der Waals surface area contributed by atoms with Crippen molar-refractivity contribution >= 4 is 33.4 Å². The SMILES string of the molecule is CN1c2ccc(F)cc2C(C)(C)[C@]12C=Cc1cc([N+](=O)[O-])cc(Br)c1O2. The molecule has 0 fully saturated rings. The lowest BCUT2D eigenvalue weighted by molar-refractivity contribution is -0.385. The van der Waals surface area contributed by atoms with Gasteiger partial charge < -0.3 is 9.64 Å². The van der Waals surface area contributed by atoms with Crippen LogP contribution in [0.2, 0.25) is 0 Å². The first kappa shape index (κ1) is 17.0. The maximum atomic E-state index is 13.9. The van der Waals surface area contributed by atoms with Crippen LogP contribution < -0.4 is 9.64 Å². The molecule has 2 aromatic rings. The van der Waals surface area contributed by atoms with E-state index in [1.54, 1.807) is 6.07 Å². The summed E-state index contributed by atoms with van der Waals surface area (Å²) in [7, 11) is 1.90. The molecule has 1 spiro atoms. The molecule has 0 N–H and O–H groups in total. The van der Waals surface area contributed by atoms with E-state index in [-0.39, 0.29) is 11.5 Å². The molecule has 0 aliphatic carbocycles. The Labute approximate surface area is 158 Å². The molecule has 4 rings (SSSR count). The van der Waals surface area contributed by atoms with Crippen LogP contribution in [0.3, 0.4) is 0 Å². The predicted molar refractivity (Wildman–Crippen MR) is 101 cm³/mol. The quantitative estimate of drug-likeness (QED) is 0.481. The van der Waals surface area contributed by atoms with Gasteiger partial charge in [-0.15, -0.1) is 0 Å². The highest BCUT2D eigenvalue weighted by Crippen LogP contribution is 2.55. The van der Waals surface area contributed by atoms with Crippen molar-refractivity contribution in [1.82, 2.24) is 0 Å². The molecule has 134 valence electrons. The fourth-order valence-corrected chi connectivity index (χ4v) is 4.48. The normalized spacial score (nSPS) is 22.1. The van der Waals surface area contributed by atoms with Crippen LogP contribution in [-0.2, 0) is 5.41 Å². The monoisotopic (exact) mass is 418 g/mol. The molecule has 5 nitrogen and oxygen atoms in total. The maximum absolute atomic E-state index is 13.9. The molecule has 2 aliphatic rings. The number of rotatable bonds is 1. The number of anilines is 1. The first-order valence-corrected chi connectivity index (χ1v) is 8.87. The zero-order chi connectivity index (χ0) is 18.9. The van der Waals surface area contributed by atoms with Crippen LogP contribution in [0, 0.1) is 15.9 Å². The van der Waals surface area contributed by atoms with Gasteiger partial charge in [-0.1, -0.05) is 0 Å². The van der Waals surface area contributed by atoms with Gasteiger partial charge in [-0.05, 0) is 65.7 Å². The Bertz CT molecular complexity index is 989. The van der Waals surface area contributed by atoms with Crippen molar-refractivity contribution in [2.24, 2.45) is 0 Å². The van der Waals surface area contributed by atoms with Gasteiger partial charge in [0.2, 0.25) is 5.72 Å². The van der Waals surface area contributed by atoms with Crippen LogP contribution in [0.5, 0.6) is 5.75 Å². The summed E-state index contributed by atoms with van der Waals surface area (Å²) in [5.74, 6) is 0.241. The number of fused-ring (bicyclic) bond motifs is 2. The molecule has 1 atom stereocenters. The molecule has 0 saturated carbocycles. The summed E-state index contributed by atoms with van der Waals surface area (Å²) in [6.07, 6.45) is 3.72. The van der Waals surface area contributed by atoms with Crippen LogP contribution >= 0.6 is 15.9 Å². The van der Waals surface area contributed by atoms with E-state index in [0.717, 1.165) is 11.3 Å². The van der Waals surface area contributed by atoms with E-state index in [1.165, 1.54) is 24.3 Å². The molecule has 26 heavy (non-hydrogen) atoms. The molecule has 0 radical (unpaired) electrons. The summed E-state index contributed by atoms with van der Waals surface area (Å²) >= 11 is 3.39. The van der Waals surface area contributed by atoms with Gasteiger partial charge in [-0.2, -0.15) is 0 Å². The van der Waals surface area contributed by atoms with E-state index in [4.69, 9.17) is 4.74 Å². The largest absolute Gasteiger partial charge is 0.462 e. The second-order valence-corrected chi connectivity index (χ2v) is 7.93. The van der Waals surface area contributed by atoms with Crippen LogP contribution in [0.4, 0.5) is 15.8 Å². The Morgan fingerprint density at radius 1 is 1.27 bits per heavy atom. The number of nitro groups is 1. The molecule has 2 aromatic carbocycles. The van der Waals surface area contributed by atoms with Crippen molar-refractivity contribution in [3.63, 3.8) is 0 Å². The van der Waals surface area contributed by atoms with Crippen molar-refractivity contribution in [1.29, 1.82) is 0 Å². The average Bonchev–Trinajstić information content (AvgIpc) is 2.74. The maximum Gasteiger partial charge on any atom is 0.271 e. The minimum Gasteiger partial charge on any atom is -0.462 e. The molecule has 0 saturated heterocycles. The number of hydrogen-bond donors (Lipinski definition) is 0. The van der Waals surface area contributed by atoms with E-state index in [9.17, 15) is 14.5 Å². The fraction of sp³-hybridized carbons (Fsp3) is 0.263. The lowest BCUT2D eigenvalue weighted by atomic mass is 9.76. The van der Waals surface area contributed by atoms with E-state index >= 15 is 0 Å². The standard InChI is InChI=1S/C19H16BrFN2O3/c1-18(2)14-9-12(21)4-5-16(14)22(3)19(18)7-6-11-8-13(23(24)25)10-15(20)17(11)26-19/h4-10H,1-3H3/t19-/m1/s1. The highest BCUT2D eigenvalue weighted by molar-refractivity contribution is 9.10. The number of ether oxygens (including phenoxy) is 1. The summed E-state index contributed by atoms with van der Waals surface area (Å²) in [6.45, 7) is 4.01. The Morgan fingerprint density at radius 2 is 2.00 bits per heavy atom. The third kappa shape index (κ3) is 2.06. The predicted octanol–water partition coefficient (Wildman–Crippen LogP) is 5.03. The van der Waals surface area contributed by atoms with Crippen LogP contribution in [0.15, 0.2) is 40.9 Å². The number of hydrogen-bond acceptors (Lipinski definition) is 4. The number of nitrogens with zero attached hydrogens (tertiary/aromatic N) is 2. The molecule has 0 bridgehead atoms. The van der Waals surface area contributed by atoms with Crippen molar-refractivity contribution in [3.05, 3.63) is 67.9 Å². The zero-order valence-electron chi connectivity index (χ0n) is 14.4. The van der Waals surface area contributed by atoms with Gasteiger partial charge in [0.05, 0.1) is 14.8 Å². The van der Waals surface area contributed by atoms with E-state index in [0.29, 0.717) is 15.8 Å². The van der Waals surface area contributed by atoms with E-state index in [1.807, 2.05) is 37.9 Å². The highest BCUT2D eigenvalue weighted by Gasteiger charge is 2.58. The van der Waals surface area contributed by atoms with Gasteiger partial charge in [0.1, 0.15) is 11.6 Å². The minimum absolute atomic E-state index is 0.00998. The Kier molecular flexibility index (Phi) is 3.47. The zero-order valence-corrected chi connectivity index (χ0v) is 16.0. The van der Waals surface area contributed by atoms with Gasteiger partial charge in [0, 0.05) is 30.4 Å². The van der Waals surface area contributed by atoms with Gasteiger partial charge >= 0.3 is 0 Å². The summed E-state index contributed by atoms with van der Waals surface area (Å²) in [5.41, 5.74) is 0.949.